The molecule has 0 aromatic heterocycles. The van der Waals surface area contributed by atoms with Gasteiger partial charge in [-0.05, 0) is 48.1 Å². The molecular formula is C28H17O7S2-. The summed E-state index contributed by atoms with van der Waals surface area (Å²) in [5.41, 5.74) is 0.188. The van der Waals surface area contributed by atoms with Crippen molar-refractivity contribution in [2.45, 2.75) is 9.79 Å². The molecule has 2 aliphatic rings. The van der Waals surface area contributed by atoms with Gasteiger partial charge in [-0.3, -0.25) is 9.59 Å². The lowest BCUT2D eigenvalue weighted by Gasteiger charge is -2.08. The lowest BCUT2D eigenvalue weighted by molar-refractivity contribution is -0.244. The van der Waals surface area contributed by atoms with Crippen LogP contribution in [0.3, 0.4) is 0 Å². The number of Topliss-reactive ketones (excluding diaryl/α,β-unsaturated/α-hetero) is 2. The van der Waals surface area contributed by atoms with E-state index in [0.29, 0.717) is 0 Å². The van der Waals surface area contributed by atoms with Crippen molar-refractivity contribution in [1.82, 2.24) is 0 Å². The second-order valence-corrected chi connectivity index (χ2v) is 12.0. The van der Waals surface area contributed by atoms with Gasteiger partial charge in [0.2, 0.25) is 25.5 Å². The van der Waals surface area contributed by atoms with E-state index in [4.69, 9.17) is 0 Å². The van der Waals surface area contributed by atoms with Gasteiger partial charge in [-0.1, -0.05) is 66.4 Å². The maximum atomic E-state index is 13.2. The molecule has 3 aromatic carbocycles. The van der Waals surface area contributed by atoms with Crippen molar-refractivity contribution in [2.75, 3.05) is 0 Å². The Morgan fingerprint density at radius 2 is 1.30 bits per heavy atom. The molecule has 9 heteroatoms. The van der Waals surface area contributed by atoms with Crippen molar-refractivity contribution >= 4 is 37.0 Å². The van der Waals surface area contributed by atoms with E-state index in [-0.39, 0.29) is 32.1 Å². The van der Waals surface area contributed by atoms with Crippen LogP contribution in [0.2, 0.25) is 0 Å². The Labute approximate surface area is 213 Å². The SMILES string of the molecule is O=C(C(=C\C=C1\C(=O)c2ccccc2S1(=O)=O)/C=C/C1=C([O-])c2ccccc2S1(=O)=O)c1ccccc1. The summed E-state index contributed by atoms with van der Waals surface area (Å²) in [6, 6.07) is 19.6. The number of rotatable bonds is 5. The highest BCUT2D eigenvalue weighted by atomic mass is 32.2. The molecule has 0 unspecified atom stereocenters. The Kier molecular flexibility index (Phi) is 5.89. The molecule has 0 bridgehead atoms. The lowest BCUT2D eigenvalue weighted by Crippen LogP contribution is -2.05. The number of fused-ring (bicyclic) bond motifs is 2. The van der Waals surface area contributed by atoms with Crippen LogP contribution < -0.4 is 5.11 Å². The minimum absolute atomic E-state index is 0.0320. The third-order valence-electron chi connectivity index (χ3n) is 6.00. The zero-order valence-corrected chi connectivity index (χ0v) is 20.6. The first-order chi connectivity index (χ1) is 17.6. The molecule has 5 rings (SSSR count). The highest BCUT2D eigenvalue weighted by Gasteiger charge is 2.38. The second kappa shape index (κ2) is 8.95. The Bertz CT molecular complexity index is 1820. The Morgan fingerprint density at radius 3 is 1.92 bits per heavy atom. The van der Waals surface area contributed by atoms with E-state index in [1.807, 2.05) is 0 Å². The predicted octanol–water partition coefficient (Wildman–Crippen LogP) is 3.42. The zero-order chi connectivity index (χ0) is 26.4. The van der Waals surface area contributed by atoms with Crippen LogP contribution in [0.1, 0.15) is 26.3 Å². The number of sulfone groups is 2. The van der Waals surface area contributed by atoms with Crippen molar-refractivity contribution in [3.05, 3.63) is 135 Å². The van der Waals surface area contributed by atoms with Crippen molar-refractivity contribution < 1.29 is 31.5 Å². The number of ketones is 2. The van der Waals surface area contributed by atoms with E-state index >= 15 is 0 Å². The van der Waals surface area contributed by atoms with Gasteiger partial charge < -0.3 is 5.11 Å². The van der Waals surface area contributed by atoms with Gasteiger partial charge in [0.05, 0.1) is 14.7 Å². The highest BCUT2D eigenvalue weighted by molar-refractivity contribution is 7.97. The molecule has 184 valence electrons. The fourth-order valence-corrected chi connectivity index (χ4v) is 7.24. The Balaban J connectivity index is 1.61. The first-order valence-electron chi connectivity index (χ1n) is 11.0. The predicted molar refractivity (Wildman–Crippen MR) is 135 cm³/mol. The monoisotopic (exact) mass is 529 g/mol. The molecule has 0 aliphatic carbocycles. The molecule has 0 amide bonds. The van der Waals surface area contributed by atoms with Crippen LogP contribution in [-0.4, -0.2) is 28.4 Å². The molecule has 0 radical (unpaired) electrons. The van der Waals surface area contributed by atoms with Gasteiger partial charge in [0.15, 0.2) is 5.78 Å². The Hall–Kier alpha value is -4.34. The van der Waals surface area contributed by atoms with Gasteiger partial charge in [0, 0.05) is 16.7 Å². The quantitative estimate of drug-likeness (QED) is 0.282. The smallest absolute Gasteiger partial charge is 0.211 e. The molecule has 0 spiro atoms. The van der Waals surface area contributed by atoms with Crippen LogP contribution in [-0.2, 0) is 19.7 Å². The summed E-state index contributed by atoms with van der Waals surface area (Å²) in [6.07, 6.45) is 4.34. The molecule has 0 fully saturated rings. The molecule has 2 aliphatic heterocycles. The summed E-state index contributed by atoms with van der Waals surface area (Å²) in [6.45, 7) is 0. The standard InChI is InChI=1S/C28H18O7S2/c29-26(18-8-2-1-3-9-18)19(14-16-24-27(30)20-10-4-6-12-22(20)36(24,32)33)15-17-25-28(31)21-11-5-7-13-23(21)37(25,34)35/h1-17,30H/p-1/b16-14+,19-15-,25-17-. The van der Waals surface area contributed by atoms with Gasteiger partial charge in [0.1, 0.15) is 4.91 Å². The van der Waals surface area contributed by atoms with Gasteiger partial charge >= 0.3 is 0 Å². The molecule has 7 nitrogen and oxygen atoms in total. The van der Waals surface area contributed by atoms with Crippen LogP contribution in [0.5, 0.6) is 0 Å². The lowest BCUT2D eigenvalue weighted by atomic mass is 10.0. The van der Waals surface area contributed by atoms with Crippen LogP contribution in [0.4, 0.5) is 0 Å². The minimum atomic E-state index is -4.10. The number of benzene rings is 3. The average Bonchev–Trinajstić information content (AvgIpc) is 3.22. The number of carbonyl (C=O) groups excluding carboxylic acids is 2. The fourth-order valence-electron chi connectivity index (χ4n) is 4.15. The van der Waals surface area contributed by atoms with Crippen LogP contribution >= 0.6 is 0 Å². The average molecular weight is 530 g/mol. The van der Waals surface area contributed by atoms with E-state index < -0.39 is 46.8 Å². The number of carbonyl (C=O) groups is 2. The summed E-state index contributed by atoms with van der Waals surface area (Å²) in [5.74, 6) is -1.98. The maximum Gasteiger partial charge on any atom is 0.211 e. The molecule has 0 atom stereocenters. The summed E-state index contributed by atoms with van der Waals surface area (Å²) in [4.78, 5) is 24.8. The molecule has 0 saturated carbocycles. The molecule has 37 heavy (non-hydrogen) atoms. The van der Waals surface area contributed by atoms with Crippen molar-refractivity contribution in [3.63, 3.8) is 0 Å². The largest absolute Gasteiger partial charge is 0.871 e. The van der Waals surface area contributed by atoms with Gasteiger partial charge in [-0.2, -0.15) is 0 Å². The van der Waals surface area contributed by atoms with E-state index in [1.54, 1.807) is 30.3 Å². The van der Waals surface area contributed by atoms with Crippen LogP contribution in [0.15, 0.2) is 128 Å². The molecular weight excluding hydrogens is 512 g/mol. The molecule has 3 aromatic rings. The van der Waals surface area contributed by atoms with Gasteiger partial charge in [-0.25, -0.2) is 16.8 Å². The molecule has 2 heterocycles. The third-order valence-corrected chi connectivity index (χ3v) is 9.67. The third kappa shape index (κ3) is 3.98. The number of allylic oxidation sites excluding steroid dienone is 6. The van der Waals surface area contributed by atoms with Crippen LogP contribution in [0.25, 0.3) is 5.76 Å². The molecule has 0 N–H and O–H groups in total. The fraction of sp³-hybridized carbons (Fsp3) is 0. The summed E-state index contributed by atoms with van der Waals surface area (Å²) >= 11 is 0. The van der Waals surface area contributed by atoms with Gasteiger partial charge in [0.25, 0.3) is 0 Å². The van der Waals surface area contributed by atoms with Crippen LogP contribution in [0, 0.1) is 0 Å². The normalized spacial score (nSPS) is 18.9. The zero-order valence-electron chi connectivity index (χ0n) is 19.0. The van der Waals surface area contributed by atoms with E-state index in [9.17, 15) is 31.5 Å². The van der Waals surface area contributed by atoms with Crippen molar-refractivity contribution in [3.8, 4) is 0 Å². The second-order valence-electron chi connectivity index (χ2n) is 8.20. The Morgan fingerprint density at radius 1 is 0.730 bits per heavy atom. The first-order valence-corrected chi connectivity index (χ1v) is 13.9. The summed E-state index contributed by atoms with van der Waals surface area (Å²) < 4.78 is 51.7. The topological polar surface area (TPSA) is 125 Å². The number of hydrogen-bond acceptors (Lipinski definition) is 7. The molecule has 0 saturated heterocycles. The van der Waals surface area contributed by atoms with E-state index in [0.717, 1.165) is 24.3 Å². The maximum absolute atomic E-state index is 13.2. The number of hydrogen-bond donors (Lipinski definition) is 0. The first kappa shape index (κ1) is 24.4. The summed E-state index contributed by atoms with van der Waals surface area (Å²) in [5, 5.41) is 12.8. The van der Waals surface area contributed by atoms with E-state index in [2.05, 4.69) is 0 Å². The van der Waals surface area contributed by atoms with Gasteiger partial charge in [-0.15, -0.1) is 0 Å². The van der Waals surface area contributed by atoms with Crippen molar-refractivity contribution in [2.24, 2.45) is 0 Å². The minimum Gasteiger partial charge on any atom is -0.871 e. The highest BCUT2D eigenvalue weighted by Crippen LogP contribution is 2.37. The van der Waals surface area contributed by atoms with E-state index in [1.165, 1.54) is 48.5 Å². The summed E-state index contributed by atoms with van der Waals surface area (Å²) in [7, 11) is -8.20. The van der Waals surface area contributed by atoms with Crippen molar-refractivity contribution in [1.29, 1.82) is 0 Å².